The predicted molar refractivity (Wildman–Crippen MR) is 138 cm³/mol. The average Bonchev–Trinajstić information content (AvgIpc) is 3.38. The van der Waals surface area contributed by atoms with Crippen molar-refractivity contribution in [1.82, 2.24) is 5.27 Å². The van der Waals surface area contributed by atoms with Gasteiger partial charge in [-0.3, -0.25) is 9.32 Å². The number of methoxy groups -OCH3 is 1. The molecular formula is C25H30N3O6S2+. The van der Waals surface area contributed by atoms with Gasteiger partial charge in [0.1, 0.15) is 10.8 Å². The molecule has 3 aromatic rings. The molecule has 1 amide bonds. The summed E-state index contributed by atoms with van der Waals surface area (Å²) in [6, 6.07) is 7.14. The number of aromatic amines is 1. The lowest BCUT2D eigenvalue weighted by molar-refractivity contribution is -0.704. The number of fused-ring (bicyclic) bond motifs is 1. The summed E-state index contributed by atoms with van der Waals surface area (Å²) >= 11 is 2.70. The topological polar surface area (TPSA) is 115 Å². The minimum absolute atomic E-state index is 0.155. The molecule has 0 fully saturated rings. The van der Waals surface area contributed by atoms with E-state index in [0.717, 1.165) is 42.5 Å². The van der Waals surface area contributed by atoms with Crippen molar-refractivity contribution in [3.05, 3.63) is 50.7 Å². The van der Waals surface area contributed by atoms with Crippen molar-refractivity contribution in [1.29, 1.82) is 0 Å². The molecule has 2 N–H and O–H groups in total. The lowest BCUT2D eigenvalue weighted by Crippen LogP contribution is -2.36. The first-order chi connectivity index (χ1) is 17.5. The van der Waals surface area contributed by atoms with Crippen molar-refractivity contribution in [3.63, 3.8) is 0 Å². The Hall–Kier alpha value is -3.05. The van der Waals surface area contributed by atoms with Crippen LogP contribution in [0.5, 0.6) is 5.75 Å². The largest absolute Gasteiger partial charge is 0.497 e. The number of hydrogen-bond acceptors (Lipinski definition) is 8. The van der Waals surface area contributed by atoms with E-state index in [1.165, 1.54) is 34.2 Å². The zero-order chi connectivity index (χ0) is 25.5. The second kappa shape index (κ2) is 12.3. The smallest absolute Gasteiger partial charge is 0.442 e. The second-order valence-corrected chi connectivity index (χ2v) is 10.5. The van der Waals surface area contributed by atoms with Gasteiger partial charge in [0.25, 0.3) is 0 Å². The molecule has 9 nitrogen and oxygen atoms in total. The number of thiophene rings is 1. The number of aryl methyl sites for hydroxylation is 1. The van der Waals surface area contributed by atoms with Crippen LogP contribution in [0.2, 0.25) is 0 Å². The molecule has 0 bridgehead atoms. The van der Waals surface area contributed by atoms with Gasteiger partial charge in [-0.25, -0.2) is 9.59 Å². The zero-order valence-electron chi connectivity index (χ0n) is 20.4. The Balaban J connectivity index is 1.44. The molecule has 1 aliphatic carbocycles. The molecule has 11 heteroatoms. The fourth-order valence-corrected chi connectivity index (χ4v) is 6.35. The summed E-state index contributed by atoms with van der Waals surface area (Å²) in [5, 5.41) is 6.42. The van der Waals surface area contributed by atoms with E-state index in [1.807, 2.05) is 0 Å². The van der Waals surface area contributed by atoms with Crippen molar-refractivity contribution in [2.75, 3.05) is 24.8 Å². The van der Waals surface area contributed by atoms with Gasteiger partial charge in [0.15, 0.2) is 0 Å². The third-order valence-corrected chi connectivity index (χ3v) is 8.15. The molecule has 1 aliphatic rings. The molecule has 36 heavy (non-hydrogen) atoms. The Bertz CT molecular complexity index is 1260. The first kappa shape index (κ1) is 26.0. The quantitative estimate of drug-likeness (QED) is 0.240. The number of nitrogens with zero attached hydrogens (tertiary/aromatic N) is 1. The number of esters is 1. The molecule has 0 atom stereocenters. The van der Waals surface area contributed by atoms with Crippen LogP contribution in [0.4, 0.5) is 5.00 Å². The Labute approximate surface area is 217 Å². The first-order valence-corrected chi connectivity index (χ1v) is 13.8. The number of carbonyl (C=O) groups is 2. The number of rotatable bonds is 9. The SMILES string of the molecule is CCOC(=O)c1c(NC(=O)CCSc2c(=O)o[nH][n+]2-c2ccc(OC)cc2)sc2c1CCCCCC2. The molecule has 0 unspecified atom stereocenters. The molecule has 0 saturated heterocycles. The third kappa shape index (κ3) is 6.01. The Morgan fingerprint density at radius 2 is 1.92 bits per heavy atom. The fourth-order valence-electron chi connectivity index (χ4n) is 4.14. The Morgan fingerprint density at radius 1 is 1.17 bits per heavy atom. The molecular weight excluding hydrogens is 502 g/mol. The van der Waals surface area contributed by atoms with Crippen LogP contribution in [0, 0.1) is 0 Å². The summed E-state index contributed by atoms with van der Waals surface area (Å²) in [4.78, 5) is 39.0. The number of thioether (sulfide) groups is 1. The highest BCUT2D eigenvalue weighted by Gasteiger charge is 2.27. The van der Waals surface area contributed by atoms with Crippen LogP contribution in [0.15, 0.2) is 38.6 Å². The van der Waals surface area contributed by atoms with Gasteiger partial charge >= 0.3 is 16.6 Å². The van der Waals surface area contributed by atoms with Gasteiger partial charge in [0.05, 0.1) is 19.3 Å². The van der Waals surface area contributed by atoms with Gasteiger partial charge in [-0.15, -0.1) is 11.3 Å². The number of aromatic nitrogens is 2. The monoisotopic (exact) mass is 532 g/mol. The fraction of sp³-hybridized carbons (Fsp3) is 0.440. The van der Waals surface area contributed by atoms with Gasteiger partial charge in [-0.1, -0.05) is 12.8 Å². The van der Waals surface area contributed by atoms with E-state index in [0.29, 0.717) is 32.8 Å². The van der Waals surface area contributed by atoms with E-state index in [2.05, 4.69) is 10.6 Å². The van der Waals surface area contributed by atoms with Crippen LogP contribution < -0.4 is 20.4 Å². The molecule has 2 heterocycles. The minimum Gasteiger partial charge on any atom is -0.497 e. The first-order valence-electron chi connectivity index (χ1n) is 12.0. The van der Waals surface area contributed by atoms with Gasteiger partial charge < -0.3 is 14.8 Å². The molecule has 4 rings (SSSR count). The van der Waals surface area contributed by atoms with Crippen molar-refractivity contribution in [2.24, 2.45) is 0 Å². The minimum atomic E-state index is -0.515. The van der Waals surface area contributed by atoms with Crippen LogP contribution in [0.25, 0.3) is 5.69 Å². The van der Waals surface area contributed by atoms with E-state index in [4.69, 9.17) is 14.0 Å². The van der Waals surface area contributed by atoms with Crippen molar-refractivity contribution >= 4 is 40.0 Å². The molecule has 192 valence electrons. The standard InChI is InChI=1S/C25H29N3O6S2/c1-3-33-24(30)21-18-8-6-4-5-7-9-19(18)36-22(21)26-20(29)14-15-35-23-25(31)34-27-28(23)16-10-12-17(32-2)13-11-16/h10-13H,3-9,14-15H2,1-2H3,(H-,26,27,29,30,31)/p+1. The highest BCUT2D eigenvalue weighted by Crippen LogP contribution is 2.37. The summed E-state index contributed by atoms with van der Waals surface area (Å²) in [6.45, 7) is 2.06. The Morgan fingerprint density at radius 3 is 2.64 bits per heavy atom. The van der Waals surface area contributed by atoms with Crippen molar-refractivity contribution < 1.29 is 28.3 Å². The van der Waals surface area contributed by atoms with Gasteiger partial charge in [0, 0.05) is 29.2 Å². The highest BCUT2D eigenvalue weighted by atomic mass is 32.2. The maximum absolute atomic E-state index is 12.8. The number of benzene rings is 1. The maximum atomic E-state index is 12.8. The number of nitrogens with one attached hydrogen (secondary N) is 2. The van der Waals surface area contributed by atoms with Crippen LogP contribution in [0.1, 0.15) is 59.8 Å². The van der Waals surface area contributed by atoms with E-state index in [1.54, 1.807) is 38.3 Å². The molecule has 0 radical (unpaired) electrons. The number of ether oxygens (including phenoxy) is 2. The second-order valence-electron chi connectivity index (χ2n) is 8.31. The number of carbonyl (C=O) groups excluding carboxylic acids is 2. The van der Waals surface area contributed by atoms with Crippen molar-refractivity contribution in [3.8, 4) is 11.4 Å². The van der Waals surface area contributed by atoms with Gasteiger partial charge in [-0.05, 0) is 72.0 Å². The summed E-state index contributed by atoms with van der Waals surface area (Å²) in [5.74, 6) is 0.438. The van der Waals surface area contributed by atoms with E-state index >= 15 is 0 Å². The maximum Gasteiger partial charge on any atom is 0.442 e. The van der Waals surface area contributed by atoms with Crippen LogP contribution >= 0.6 is 23.1 Å². The average molecular weight is 533 g/mol. The van der Waals surface area contributed by atoms with Gasteiger partial charge in [0.2, 0.25) is 11.6 Å². The van der Waals surface area contributed by atoms with Crippen LogP contribution in [0.3, 0.4) is 0 Å². The summed E-state index contributed by atoms with van der Waals surface area (Å²) in [6.07, 6.45) is 6.30. The van der Waals surface area contributed by atoms with Crippen LogP contribution in [-0.4, -0.2) is 36.6 Å². The summed E-state index contributed by atoms with van der Waals surface area (Å²) in [5.41, 5.74) is 1.71. The lowest BCUT2D eigenvalue weighted by atomic mass is 9.96. The van der Waals surface area contributed by atoms with E-state index < -0.39 is 5.63 Å². The molecule has 1 aromatic carbocycles. The molecule has 2 aromatic heterocycles. The van der Waals surface area contributed by atoms with E-state index in [-0.39, 0.29) is 24.9 Å². The normalized spacial score (nSPS) is 13.4. The Kier molecular flexibility index (Phi) is 8.87. The summed E-state index contributed by atoms with van der Waals surface area (Å²) in [7, 11) is 1.58. The number of anilines is 1. The number of hydrogen-bond donors (Lipinski definition) is 2. The van der Waals surface area contributed by atoms with Gasteiger partial charge in [-0.2, -0.15) is 0 Å². The van der Waals surface area contributed by atoms with Crippen molar-refractivity contribution in [2.45, 2.75) is 56.9 Å². The summed E-state index contributed by atoms with van der Waals surface area (Å²) < 4.78 is 17.0. The predicted octanol–water partition coefficient (Wildman–Crippen LogP) is 4.27. The van der Waals surface area contributed by atoms with E-state index in [9.17, 15) is 14.4 Å². The molecule has 0 spiro atoms. The third-order valence-electron chi connectivity index (χ3n) is 5.91. The van der Waals surface area contributed by atoms with Crippen LogP contribution in [-0.2, 0) is 22.4 Å². The highest BCUT2D eigenvalue weighted by molar-refractivity contribution is 7.99. The molecule has 0 saturated carbocycles. The molecule has 0 aliphatic heterocycles. The lowest BCUT2D eigenvalue weighted by Gasteiger charge is -2.11. The zero-order valence-corrected chi connectivity index (χ0v) is 22.0. The number of amides is 1. The number of H-pyrrole nitrogens is 1.